The molecule has 0 amide bonds. The van der Waals surface area contributed by atoms with Gasteiger partial charge in [-0.25, -0.2) is 0 Å². The molecule has 0 bridgehead atoms. The van der Waals surface area contributed by atoms with Crippen LogP contribution < -0.4 is 0 Å². The third kappa shape index (κ3) is 1.66. The molecule has 0 saturated carbocycles. The van der Waals surface area contributed by atoms with Crippen LogP contribution in [0.15, 0.2) is 0 Å². The van der Waals surface area contributed by atoms with Crippen LogP contribution in [0.2, 0.25) is 0 Å². The minimum Gasteiger partial charge on any atom is -0.363 e. The molecule has 0 aliphatic carbocycles. The zero-order valence-electron chi connectivity index (χ0n) is 6.42. The maximum absolute atomic E-state index is 5.39. The SMILES string of the molecule is C[C@@H]1C[C@H](C)N(C)CO1. The molecule has 0 aromatic heterocycles. The molecule has 0 radical (unpaired) electrons. The lowest BCUT2D eigenvalue weighted by Gasteiger charge is -2.33. The Labute approximate surface area is 56.8 Å². The van der Waals surface area contributed by atoms with E-state index in [0.29, 0.717) is 12.1 Å². The highest BCUT2D eigenvalue weighted by atomic mass is 16.5. The van der Waals surface area contributed by atoms with Gasteiger partial charge in [-0.15, -0.1) is 0 Å². The predicted octanol–water partition coefficient (Wildman–Crippen LogP) is 1.07. The van der Waals surface area contributed by atoms with Gasteiger partial charge in [0.15, 0.2) is 0 Å². The molecule has 9 heavy (non-hydrogen) atoms. The van der Waals surface area contributed by atoms with Crippen molar-refractivity contribution in [2.45, 2.75) is 32.4 Å². The van der Waals surface area contributed by atoms with Crippen LogP contribution in [0, 0.1) is 0 Å². The lowest BCUT2D eigenvalue weighted by atomic mass is 10.1. The quantitative estimate of drug-likeness (QED) is 0.485. The van der Waals surface area contributed by atoms with Crippen LogP contribution >= 0.6 is 0 Å². The molecule has 1 heterocycles. The molecule has 1 saturated heterocycles. The van der Waals surface area contributed by atoms with Gasteiger partial charge in [-0.3, -0.25) is 4.90 Å². The highest BCUT2D eigenvalue weighted by Crippen LogP contribution is 2.13. The van der Waals surface area contributed by atoms with E-state index in [1.165, 1.54) is 0 Å². The van der Waals surface area contributed by atoms with Crippen molar-refractivity contribution >= 4 is 0 Å². The maximum Gasteiger partial charge on any atom is 0.0993 e. The second-order valence-corrected chi connectivity index (χ2v) is 2.95. The molecule has 2 atom stereocenters. The van der Waals surface area contributed by atoms with Gasteiger partial charge in [-0.1, -0.05) is 0 Å². The van der Waals surface area contributed by atoms with E-state index in [1.54, 1.807) is 0 Å². The van der Waals surface area contributed by atoms with Gasteiger partial charge in [-0.2, -0.15) is 0 Å². The van der Waals surface area contributed by atoms with Gasteiger partial charge in [0.05, 0.1) is 12.8 Å². The monoisotopic (exact) mass is 129 g/mol. The van der Waals surface area contributed by atoms with Gasteiger partial charge in [-0.05, 0) is 27.3 Å². The maximum atomic E-state index is 5.39. The third-order valence-electron chi connectivity index (χ3n) is 1.99. The Bertz CT molecular complexity index is 94.9. The Morgan fingerprint density at radius 2 is 2.11 bits per heavy atom. The third-order valence-corrected chi connectivity index (χ3v) is 1.99. The fraction of sp³-hybridized carbons (Fsp3) is 1.00. The van der Waals surface area contributed by atoms with E-state index < -0.39 is 0 Å². The molecule has 1 aliphatic heterocycles. The molecule has 2 nitrogen and oxygen atoms in total. The summed E-state index contributed by atoms with van der Waals surface area (Å²) in [5, 5.41) is 0. The van der Waals surface area contributed by atoms with E-state index in [0.717, 1.165) is 13.2 Å². The summed E-state index contributed by atoms with van der Waals surface area (Å²) in [6, 6.07) is 0.689. The number of rotatable bonds is 0. The molecular weight excluding hydrogens is 114 g/mol. The second kappa shape index (κ2) is 2.67. The van der Waals surface area contributed by atoms with Gasteiger partial charge in [0.2, 0.25) is 0 Å². The van der Waals surface area contributed by atoms with Crippen LogP contribution in [0.5, 0.6) is 0 Å². The first kappa shape index (κ1) is 7.03. The van der Waals surface area contributed by atoms with E-state index in [1.807, 2.05) is 0 Å². The Kier molecular flexibility index (Phi) is 2.09. The number of nitrogens with zero attached hydrogens (tertiary/aromatic N) is 1. The first-order valence-corrected chi connectivity index (χ1v) is 3.52. The molecule has 1 rings (SSSR count). The molecule has 2 heteroatoms. The summed E-state index contributed by atoms with van der Waals surface area (Å²) >= 11 is 0. The van der Waals surface area contributed by atoms with Crippen LogP contribution in [-0.4, -0.2) is 30.8 Å². The summed E-state index contributed by atoms with van der Waals surface area (Å²) < 4.78 is 5.39. The Balaban J connectivity index is 2.35. The van der Waals surface area contributed by atoms with E-state index >= 15 is 0 Å². The van der Waals surface area contributed by atoms with Crippen molar-refractivity contribution in [2.24, 2.45) is 0 Å². The summed E-state index contributed by atoms with van der Waals surface area (Å²) in [6.45, 7) is 5.16. The zero-order valence-corrected chi connectivity index (χ0v) is 6.42. The van der Waals surface area contributed by atoms with Gasteiger partial charge in [0, 0.05) is 6.04 Å². The minimum absolute atomic E-state index is 0.455. The summed E-state index contributed by atoms with van der Waals surface area (Å²) in [4.78, 5) is 2.22. The van der Waals surface area contributed by atoms with Crippen molar-refractivity contribution in [3.8, 4) is 0 Å². The van der Waals surface area contributed by atoms with Crippen molar-refractivity contribution in [3.05, 3.63) is 0 Å². The van der Waals surface area contributed by atoms with Crippen LogP contribution in [0.3, 0.4) is 0 Å². The molecule has 0 aromatic rings. The standard InChI is InChI=1S/C7H15NO/c1-6-4-7(2)9-5-8(6)3/h6-7H,4-5H2,1-3H3/t6-,7+/m0/s1. The second-order valence-electron chi connectivity index (χ2n) is 2.95. The van der Waals surface area contributed by atoms with Crippen LogP contribution in [0.1, 0.15) is 20.3 Å². The van der Waals surface area contributed by atoms with Crippen LogP contribution in [0.25, 0.3) is 0 Å². The summed E-state index contributed by atoms with van der Waals surface area (Å²) in [6.07, 6.45) is 1.62. The largest absolute Gasteiger partial charge is 0.363 e. The van der Waals surface area contributed by atoms with E-state index in [-0.39, 0.29) is 0 Å². The van der Waals surface area contributed by atoms with Gasteiger partial charge in [0.1, 0.15) is 0 Å². The average molecular weight is 129 g/mol. The van der Waals surface area contributed by atoms with Crippen LogP contribution in [-0.2, 0) is 4.74 Å². The summed E-state index contributed by atoms with van der Waals surface area (Å²) in [5.41, 5.74) is 0. The normalized spacial score (nSPS) is 39.0. The van der Waals surface area contributed by atoms with E-state index in [9.17, 15) is 0 Å². The molecule has 1 aliphatic rings. The lowest BCUT2D eigenvalue weighted by molar-refractivity contribution is -0.0729. The highest BCUT2D eigenvalue weighted by Gasteiger charge is 2.19. The van der Waals surface area contributed by atoms with Crippen molar-refractivity contribution in [1.29, 1.82) is 0 Å². The molecule has 0 aromatic carbocycles. The highest BCUT2D eigenvalue weighted by molar-refractivity contribution is 4.69. The van der Waals surface area contributed by atoms with Gasteiger partial charge in [0.25, 0.3) is 0 Å². The smallest absolute Gasteiger partial charge is 0.0993 e. The lowest BCUT2D eigenvalue weighted by Crippen LogP contribution is -2.40. The Morgan fingerprint density at radius 1 is 1.44 bits per heavy atom. The van der Waals surface area contributed by atoms with Crippen molar-refractivity contribution in [2.75, 3.05) is 13.8 Å². The number of hydrogen-bond donors (Lipinski definition) is 0. The topological polar surface area (TPSA) is 12.5 Å². The first-order valence-electron chi connectivity index (χ1n) is 3.52. The van der Waals surface area contributed by atoms with Crippen LogP contribution in [0.4, 0.5) is 0 Å². The first-order chi connectivity index (χ1) is 4.20. The average Bonchev–Trinajstić information content (AvgIpc) is 1.80. The fourth-order valence-electron chi connectivity index (χ4n) is 1.10. The van der Waals surface area contributed by atoms with Gasteiger partial charge < -0.3 is 4.74 Å². The molecule has 54 valence electrons. The fourth-order valence-corrected chi connectivity index (χ4v) is 1.10. The molecule has 0 spiro atoms. The summed E-state index contributed by atoms with van der Waals surface area (Å²) in [7, 11) is 2.09. The Morgan fingerprint density at radius 3 is 2.56 bits per heavy atom. The predicted molar refractivity (Wildman–Crippen MR) is 37.3 cm³/mol. The number of ether oxygens (including phenoxy) is 1. The molecule has 0 unspecified atom stereocenters. The zero-order chi connectivity index (χ0) is 6.85. The minimum atomic E-state index is 0.455. The van der Waals surface area contributed by atoms with E-state index in [2.05, 4.69) is 25.8 Å². The molecule has 1 fully saturated rings. The molecule has 0 N–H and O–H groups in total. The van der Waals surface area contributed by atoms with Gasteiger partial charge >= 0.3 is 0 Å². The number of hydrogen-bond acceptors (Lipinski definition) is 2. The van der Waals surface area contributed by atoms with E-state index in [4.69, 9.17) is 4.74 Å². The summed E-state index contributed by atoms with van der Waals surface area (Å²) in [5.74, 6) is 0. The van der Waals surface area contributed by atoms with Crippen molar-refractivity contribution in [1.82, 2.24) is 4.90 Å². The Hall–Kier alpha value is -0.0800. The van der Waals surface area contributed by atoms with Crippen molar-refractivity contribution in [3.63, 3.8) is 0 Å². The van der Waals surface area contributed by atoms with Crippen molar-refractivity contribution < 1.29 is 4.74 Å². The molecular formula is C7H15NO.